The van der Waals surface area contributed by atoms with Gasteiger partial charge in [-0.1, -0.05) is 18.0 Å². The highest BCUT2D eigenvalue weighted by atomic mass is 35.5. The third-order valence-corrected chi connectivity index (χ3v) is 4.04. The van der Waals surface area contributed by atoms with E-state index in [2.05, 4.69) is 20.5 Å². The summed E-state index contributed by atoms with van der Waals surface area (Å²) in [4.78, 5) is 9.58. The van der Waals surface area contributed by atoms with E-state index in [-0.39, 0.29) is 12.4 Å². The van der Waals surface area contributed by atoms with Crippen LogP contribution in [-0.2, 0) is 0 Å². The Morgan fingerprint density at radius 3 is 3.20 bits per heavy atom. The van der Waals surface area contributed by atoms with Crippen molar-refractivity contribution in [3.8, 4) is 0 Å². The maximum atomic E-state index is 6.08. The lowest BCUT2D eigenvalue weighted by molar-refractivity contribution is 0.729. The molecule has 0 unspecified atom stereocenters. The minimum atomic E-state index is 0. The first-order valence-electron chi connectivity index (χ1n) is 6.28. The van der Waals surface area contributed by atoms with Crippen molar-refractivity contribution < 1.29 is 0 Å². The largest absolute Gasteiger partial charge is 0.288 e. The first-order chi connectivity index (χ1) is 9.34. The van der Waals surface area contributed by atoms with E-state index in [1.807, 2.05) is 16.0 Å². The highest BCUT2D eigenvalue weighted by Crippen LogP contribution is 2.19. The topological polar surface area (TPSA) is 54.0 Å². The normalized spacial score (nSPS) is 15.9. The van der Waals surface area contributed by atoms with Crippen LogP contribution in [0.4, 0.5) is 0 Å². The van der Waals surface area contributed by atoms with Crippen LogP contribution >= 0.6 is 35.3 Å². The van der Waals surface area contributed by atoms with Crippen molar-refractivity contribution in [2.75, 3.05) is 6.54 Å². The van der Waals surface area contributed by atoms with Gasteiger partial charge in [0.25, 0.3) is 0 Å². The summed E-state index contributed by atoms with van der Waals surface area (Å²) in [5, 5.41) is 6.67. The van der Waals surface area contributed by atoms with E-state index < -0.39 is 0 Å². The number of imidazole rings is 1. The molecule has 0 radical (unpaired) electrons. The number of nitrogens with one attached hydrogen (secondary N) is 1. The fourth-order valence-corrected chi connectivity index (χ4v) is 3.02. The fourth-order valence-electron chi connectivity index (χ4n) is 2.03. The first kappa shape index (κ1) is 15.3. The second-order valence-electron chi connectivity index (χ2n) is 4.35. The van der Waals surface area contributed by atoms with Crippen LogP contribution in [0.25, 0.3) is 4.96 Å². The van der Waals surface area contributed by atoms with Gasteiger partial charge < -0.3 is 0 Å². The van der Waals surface area contributed by atoms with E-state index in [9.17, 15) is 0 Å². The van der Waals surface area contributed by atoms with E-state index >= 15 is 0 Å². The molecule has 3 heterocycles. The Balaban J connectivity index is 0.00000147. The van der Waals surface area contributed by atoms with E-state index in [0.29, 0.717) is 5.15 Å². The standard InChI is InChI=1S/C12H14ClN5S.ClH/c13-11-9(18-6-7-19-12(18)16-11)8-15-17-10-4-2-1-3-5-14-10;/h6-8H,1-5H2,(H,14,17);1H. The first-order valence-corrected chi connectivity index (χ1v) is 7.54. The van der Waals surface area contributed by atoms with Crippen molar-refractivity contribution in [2.45, 2.75) is 25.7 Å². The van der Waals surface area contributed by atoms with Gasteiger partial charge in [0.05, 0.1) is 6.21 Å². The van der Waals surface area contributed by atoms with Crippen LogP contribution in [0.2, 0.25) is 5.15 Å². The number of hydrogen-bond acceptors (Lipinski definition) is 5. The van der Waals surface area contributed by atoms with Crippen molar-refractivity contribution in [3.05, 3.63) is 22.4 Å². The number of rotatable bonds is 2. The number of aliphatic imine (C=N–C) groups is 1. The summed E-state index contributed by atoms with van der Waals surface area (Å²) in [6.45, 7) is 0.889. The lowest BCUT2D eigenvalue weighted by Gasteiger charge is -2.01. The Hall–Kier alpha value is -1.11. The van der Waals surface area contributed by atoms with E-state index in [0.717, 1.165) is 29.5 Å². The molecule has 1 N–H and O–H groups in total. The zero-order valence-electron chi connectivity index (χ0n) is 10.8. The molecule has 0 atom stereocenters. The number of halogens is 2. The molecule has 0 aliphatic carbocycles. The number of nitrogens with zero attached hydrogens (tertiary/aromatic N) is 4. The zero-order valence-corrected chi connectivity index (χ0v) is 13.1. The second kappa shape index (κ2) is 7.06. The summed E-state index contributed by atoms with van der Waals surface area (Å²) < 4.78 is 1.92. The molecule has 20 heavy (non-hydrogen) atoms. The van der Waals surface area contributed by atoms with E-state index in [4.69, 9.17) is 11.6 Å². The maximum Gasteiger partial charge on any atom is 0.195 e. The zero-order chi connectivity index (χ0) is 13.1. The van der Waals surface area contributed by atoms with Gasteiger partial charge in [-0.05, 0) is 12.8 Å². The SMILES string of the molecule is Cl.Clc1nc2sccn2c1C=NNC1=NCCCCC1. The van der Waals surface area contributed by atoms with E-state index in [1.165, 1.54) is 19.3 Å². The van der Waals surface area contributed by atoms with E-state index in [1.54, 1.807) is 17.6 Å². The molecule has 0 spiro atoms. The molecule has 8 heteroatoms. The van der Waals surface area contributed by atoms with Crippen molar-refractivity contribution in [1.29, 1.82) is 0 Å². The van der Waals surface area contributed by atoms with Crippen molar-refractivity contribution in [1.82, 2.24) is 14.8 Å². The monoisotopic (exact) mass is 331 g/mol. The molecule has 5 nitrogen and oxygen atoms in total. The third kappa shape index (κ3) is 3.31. The van der Waals surface area contributed by atoms with Crippen LogP contribution in [0.1, 0.15) is 31.4 Å². The molecule has 2 aromatic heterocycles. The Labute approximate surface area is 132 Å². The Morgan fingerprint density at radius 2 is 2.30 bits per heavy atom. The minimum Gasteiger partial charge on any atom is -0.288 e. The number of thiazole rings is 1. The number of hydrogen-bond donors (Lipinski definition) is 1. The lowest BCUT2D eigenvalue weighted by atomic mass is 10.2. The number of fused-ring (bicyclic) bond motifs is 1. The summed E-state index contributed by atoms with van der Waals surface area (Å²) in [5.41, 5.74) is 3.80. The number of hydrazone groups is 1. The van der Waals surface area contributed by atoms with Crippen LogP contribution < -0.4 is 5.43 Å². The lowest BCUT2D eigenvalue weighted by Crippen LogP contribution is -2.17. The van der Waals surface area contributed by atoms with Crippen LogP contribution in [0.3, 0.4) is 0 Å². The Bertz CT molecular complexity index is 631. The molecule has 1 aliphatic heterocycles. The van der Waals surface area contributed by atoms with Crippen LogP contribution in [0, 0.1) is 0 Å². The summed E-state index contributed by atoms with van der Waals surface area (Å²) in [6, 6.07) is 0. The molecular weight excluding hydrogens is 317 g/mol. The fraction of sp³-hybridized carbons (Fsp3) is 0.417. The Kier molecular flexibility index (Phi) is 5.39. The highest BCUT2D eigenvalue weighted by Gasteiger charge is 2.09. The van der Waals surface area contributed by atoms with Gasteiger partial charge in [0.15, 0.2) is 10.1 Å². The number of amidine groups is 1. The van der Waals surface area contributed by atoms with Gasteiger partial charge in [0, 0.05) is 24.5 Å². The third-order valence-electron chi connectivity index (χ3n) is 3.01. The molecule has 0 bridgehead atoms. The van der Waals surface area contributed by atoms with Gasteiger partial charge >= 0.3 is 0 Å². The quantitative estimate of drug-likeness (QED) is 0.677. The van der Waals surface area contributed by atoms with Gasteiger partial charge in [0.2, 0.25) is 0 Å². The number of aromatic nitrogens is 2. The predicted molar refractivity (Wildman–Crippen MR) is 86.8 cm³/mol. The molecule has 0 saturated heterocycles. The Morgan fingerprint density at radius 1 is 1.40 bits per heavy atom. The van der Waals surface area contributed by atoms with Crippen LogP contribution in [0.5, 0.6) is 0 Å². The minimum absolute atomic E-state index is 0. The summed E-state index contributed by atoms with van der Waals surface area (Å²) in [5.74, 6) is 0.955. The van der Waals surface area contributed by atoms with Crippen LogP contribution in [-0.4, -0.2) is 28.0 Å². The second-order valence-corrected chi connectivity index (χ2v) is 5.58. The molecule has 108 valence electrons. The smallest absolute Gasteiger partial charge is 0.195 e. The molecule has 0 fully saturated rings. The molecular formula is C12H15Cl2N5S. The molecule has 1 aliphatic rings. The van der Waals surface area contributed by atoms with Gasteiger partial charge in [-0.2, -0.15) is 5.10 Å². The molecule has 0 aromatic carbocycles. The van der Waals surface area contributed by atoms with Gasteiger partial charge in [-0.25, -0.2) is 4.98 Å². The molecule has 3 rings (SSSR count). The molecule has 0 amide bonds. The highest BCUT2D eigenvalue weighted by molar-refractivity contribution is 7.15. The molecule has 2 aromatic rings. The van der Waals surface area contributed by atoms with Gasteiger partial charge in [-0.15, -0.1) is 23.7 Å². The van der Waals surface area contributed by atoms with Gasteiger partial charge in [0.1, 0.15) is 11.5 Å². The van der Waals surface area contributed by atoms with Crippen molar-refractivity contribution >= 4 is 52.4 Å². The van der Waals surface area contributed by atoms with Crippen molar-refractivity contribution in [3.63, 3.8) is 0 Å². The van der Waals surface area contributed by atoms with Crippen molar-refractivity contribution in [2.24, 2.45) is 10.1 Å². The maximum absolute atomic E-state index is 6.08. The molecule has 0 saturated carbocycles. The average Bonchev–Trinajstić information content (AvgIpc) is 2.83. The van der Waals surface area contributed by atoms with Gasteiger partial charge in [-0.3, -0.25) is 14.8 Å². The predicted octanol–water partition coefficient (Wildman–Crippen LogP) is 3.37. The summed E-state index contributed by atoms with van der Waals surface area (Å²) in [6.07, 6.45) is 8.17. The van der Waals surface area contributed by atoms with Crippen LogP contribution in [0.15, 0.2) is 21.7 Å². The average molecular weight is 332 g/mol. The summed E-state index contributed by atoms with van der Waals surface area (Å²) >= 11 is 7.63. The summed E-state index contributed by atoms with van der Waals surface area (Å²) in [7, 11) is 0.